The third-order valence-corrected chi connectivity index (χ3v) is 4.94. The number of halogens is 1. The van der Waals surface area contributed by atoms with Crippen molar-refractivity contribution in [2.24, 2.45) is 17.2 Å². The molecule has 2 rings (SSSR count). The van der Waals surface area contributed by atoms with Gasteiger partial charge in [-0.3, -0.25) is 11.3 Å². The summed E-state index contributed by atoms with van der Waals surface area (Å²) in [4.78, 5) is 0. The predicted molar refractivity (Wildman–Crippen MR) is 80.1 cm³/mol. The van der Waals surface area contributed by atoms with E-state index in [1.54, 1.807) is 0 Å². The molecule has 1 aromatic rings. The van der Waals surface area contributed by atoms with Crippen molar-refractivity contribution in [2.75, 3.05) is 0 Å². The molecule has 100 valence electrons. The summed E-state index contributed by atoms with van der Waals surface area (Å²) in [6, 6.07) is 8.93. The van der Waals surface area contributed by atoms with Crippen molar-refractivity contribution in [2.45, 2.75) is 45.6 Å². The lowest BCUT2D eigenvalue weighted by molar-refractivity contribution is 0.196. The lowest BCUT2D eigenvalue weighted by atomic mass is 9.76. The summed E-state index contributed by atoms with van der Waals surface area (Å²) in [7, 11) is 0. The van der Waals surface area contributed by atoms with Gasteiger partial charge in [0, 0.05) is 10.5 Å². The second kappa shape index (κ2) is 5.72. The van der Waals surface area contributed by atoms with Crippen molar-refractivity contribution >= 4 is 15.9 Å². The van der Waals surface area contributed by atoms with Gasteiger partial charge >= 0.3 is 0 Å². The number of benzene rings is 1. The Balaban J connectivity index is 2.07. The van der Waals surface area contributed by atoms with Crippen molar-refractivity contribution in [3.8, 4) is 0 Å². The van der Waals surface area contributed by atoms with Gasteiger partial charge in [0.2, 0.25) is 0 Å². The van der Waals surface area contributed by atoms with E-state index in [1.807, 2.05) is 0 Å². The van der Waals surface area contributed by atoms with E-state index in [9.17, 15) is 0 Å². The van der Waals surface area contributed by atoms with Crippen molar-refractivity contribution in [3.63, 3.8) is 0 Å². The maximum Gasteiger partial charge on any atom is 0.0284 e. The lowest BCUT2D eigenvalue weighted by Crippen LogP contribution is -2.45. The van der Waals surface area contributed by atoms with Crippen molar-refractivity contribution in [3.05, 3.63) is 34.3 Å². The Bertz CT molecular complexity index is 386. The van der Waals surface area contributed by atoms with Gasteiger partial charge in [0.15, 0.2) is 0 Å². The van der Waals surface area contributed by atoms with Gasteiger partial charge < -0.3 is 0 Å². The van der Waals surface area contributed by atoms with Gasteiger partial charge in [-0.2, -0.15) is 0 Å². The minimum Gasteiger partial charge on any atom is -0.271 e. The fourth-order valence-corrected chi connectivity index (χ4v) is 3.56. The normalized spacial score (nSPS) is 24.1. The summed E-state index contributed by atoms with van der Waals surface area (Å²) in [6.07, 6.45) is 4.95. The van der Waals surface area contributed by atoms with Gasteiger partial charge in [0.1, 0.15) is 0 Å². The molecule has 0 heterocycles. The first-order chi connectivity index (χ1) is 8.53. The van der Waals surface area contributed by atoms with Crippen LogP contribution >= 0.6 is 15.9 Å². The largest absolute Gasteiger partial charge is 0.271 e. The van der Waals surface area contributed by atoms with E-state index in [1.165, 1.54) is 24.8 Å². The van der Waals surface area contributed by atoms with Gasteiger partial charge in [0.05, 0.1) is 0 Å². The van der Waals surface area contributed by atoms with E-state index in [2.05, 4.69) is 59.5 Å². The molecule has 1 aliphatic rings. The molecule has 3 N–H and O–H groups in total. The molecule has 1 aliphatic carbocycles. The quantitative estimate of drug-likeness (QED) is 0.658. The van der Waals surface area contributed by atoms with Crippen molar-refractivity contribution < 1.29 is 0 Å². The number of hydrazine groups is 1. The molecule has 0 saturated heterocycles. The van der Waals surface area contributed by atoms with Crippen LogP contribution in [0.15, 0.2) is 28.7 Å². The summed E-state index contributed by atoms with van der Waals surface area (Å²) < 4.78 is 1.13. The molecule has 2 atom stereocenters. The van der Waals surface area contributed by atoms with Gasteiger partial charge in [0.25, 0.3) is 0 Å². The smallest absolute Gasteiger partial charge is 0.0284 e. The van der Waals surface area contributed by atoms with E-state index >= 15 is 0 Å². The summed E-state index contributed by atoms with van der Waals surface area (Å²) >= 11 is 3.47. The molecule has 1 saturated carbocycles. The fraction of sp³-hybridized carbons (Fsp3) is 0.600. The lowest BCUT2D eigenvalue weighted by Gasteiger charge is -2.34. The van der Waals surface area contributed by atoms with Gasteiger partial charge in [-0.15, -0.1) is 0 Å². The van der Waals surface area contributed by atoms with Gasteiger partial charge in [-0.25, -0.2) is 0 Å². The minimum absolute atomic E-state index is 0.378. The Morgan fingerprint density at radius 3 is 2.56 bits per heavy atom. The first-order valence-corrected chi connectivity index (χ1v) is 7.53. The van der Waals surface area contributed by atoms with Crippen LogP contribution in [0.4, 0.5) is 0 Å². The van der Waals surface area contributed by atoms with Gasteiger partial charge in [-0.1, -0.05) is 48.3 Å². The Morgan fingerprint density at radius 2 is 2.06 bits per heavy atom. The van der Waals surface area contributed by atoms with Crippen LogP contribution < -0.4 is 11.3 Å². The second-order valence-corrected chi connectivity index (χ2v) is 7.01. The average Bonchev–Trinajstić information content (AvgIpc) is 2.68. The Kier molecular flexibility index (Phi) is 4.46. The van der Waals surface area contributed by atoms with Crippen LogP contribution in [0.25, 0.3) is 0 Å². The van der Waals surface area contributed by atoms with Crippen molar-refractivity contribution in [1.82, 2.24) is 5.43 Å². The maximum atomic E-state index is 5.79. The van der Waals surface area contributed by atoms with Crippen LogP contribution in [0.1, 0.15) is 38.7 Å². The third-order valence-electron chi connectivity index (χ3n) is 4.41. The maximum absolute atomic E-state index is 5.79. The summed E-state index contributed by atoms with van der Waals surface area (Å²) in [5.41, 5.74) is 4.81. The zero-order chi connectivity index (χ0) is 13.2. The summed E-state index contributed by atoms with van der Waals surface area (Å²) in [5, 5.41) is 0. The molecule has 0 bridgehead atoms. The zero-order valence-corrected chi connectivity index (χ0v) is 12.8. The van der Waals surface area contributed by atoms with Gasteiger partial charge in [-0.05, 0) is 48.3 Å². The molecule has 2 nitrogen and oxygen atoms in total. The number of nitrogens with one attached hydrogen (secondary N) is 1. The standard InChI is InChI=1S/C15H23BrN2/c1-15(2)9-3-4-13(15)14(18-17)10-11-5-7-12(16)8-6-11/h5-8,13-14,18H,3-4,9-10,17H2,1-2H3. The zero-order valence-electron chi connectivity index (χ0n) is 11.2. The minimum atomic E-state index is 0.378. The summed E-state index contributed by atoms with van der Waals surface area (Å²) in [6.45, 7) is 4.74. The first-order valence-electron chi connectivity index (χ1n) is 6.73. The van der Waals surface area contributed by atoms with E-state index in [0.29, 0.717) is 17.4 Å². The highest BCUT2D eigenvalue weighted by atomic mass is 79.9. The number of rotatable bonds is 4. The topological polar surface area (TPSA) is 38.0 Å². The van der Waals surface area contributed by atoms with Crippen LogP contribution in [0.5, 0.6) is 0 Å². The molecule has 3 heteroatoms. The average molecular weight is 311 g/mol. The van der Waals surface area contributed by atoms with Crippen LogP contribution in [0.3, 0.4) is 0 Å². The third kappa shape index (κ3) is 3.14. The highest BCUT2D eigenvalue weighted by Crippen LogP contribution is 2.44. The molecule has 18 heavy (non-hydrogen) atoms. The molecule has 0 radical (unpaired) electrons. The SMILES string of the molecule is CC1(C)CCCC1C(Cc1ccc(Br)cc1)NN. The Morgan fingerprint density at radius 1 is 1.39 bits per heavy atom. The molecule has 0 amide bonds. The molecule has 1 fully saturated rings. The van der Waals surface area contributed by atoms with Crippen LogP contribution in [0, 0.1) is 11.3 Å². The second-order valence-electron chi connectivity index (χ2n) is 6.09. The van der Waals surface area contributed by atoms with E-state index in [0.717, 1.165) is 10.9 Å². The Labute approximate surface area is 118 Å². The van der Waals surface area contributed by atoms with E-state index in [-0.39, 0.29) is 0 Å². The van der Waals surface area contributed by atoms with Crippen LogP contribution in [-0.2, 0) is 6.42 Å². The molecule has 0 spiro atoms. The Hall–Kier alpha value is -0.380. The number of hydrogen-bond acceptors (Lipinski definition) is 2. The fourth-order valence-electron chi connectivity index (χ4n) is 3.29. The van der Waals surface area contributed by atoms with E-state index in [4.69, 9.17) is 5.84 Å². The van der Waals surface area contributed by atoms with E-state index < -0.39 is 0 Å². The van der Waals surface area contributed by atoms with Crippen LogP contribution in [0.2, 0.25) is 0 Å². The molecule has 0 aromatic heterocycles. The van der Waals surface area contributed by atoms with Crippen LogP contribution in [-0.4, -0.2) is 6.04 Å². The molecular formula is C15H23BrN2. The molecule has 0 aliphatic heterocycles. The summed E-state index contributed by atoms with van der Waals surface area (Å²) in [5.74, 6) is 6.46. The molecule has 2 unspecified atom stereocenters. The number of nitrogens with two attached hydrogens (primary N) is 1. The molecule has 1 aromatic carbocycles. The predicted octanol–water partition coefficient (Wildman–Crippen LogP) is 3.65. The highest BCUT2D eigenvalue weighted by Gasteiger charge is 2.38. The number of hydrogen-bond donors (Lipinski definition) is 2. The molecular weight excluding hydrogens is 288 g/mol. The van der Waals surface area contributed by atoms with Crippen molar-refractivity contribution in [1.29, 1.82) is 0 Å². The first kappa shape index (κ1) is 14.0. The monoisotopic (exact) mass is 310 g/mol. The highest BCUT2D eigenvalue weighted by molar-refractivity contribution is 9.10.